The van der Waals surface area contributed by atoms with Crippen LogP contribution < -0.4 is 19.6 Å². The van der Waals surface area contributed by atoms with Gasteiger partial charge in [-0.1, -0.05) is 46.6 Å². The maximum atomic E-state index is 12.5. The molecular weight excluding hydrogens is 520 g/mol. The molecule has 0 radical (unpaired) electrons. The summed E-state index contributed by atoms with van der Waals surface area (Å²) in [6.45, 7) is 5.35. The van der Waals surface area contributed by atoms with Crippen molar-refractivity contribution in [2.45, 2.75) is 26.9 Å². The zero-order chi connectivity index (χ0) is 24.3. The van der Waals surface area contributed by atoms with Gasteiger partial charge < -0.3 is 14.2 Å². The van der Waals surface area contributed by atoms with E-state index in [1.807, 2.05) is 44.2 Å². The highest BCUT2D eigenvalue weighted by molar-refractivity contribution is 9.10. The molecule has 0 bridgehead atoms. The first kappa shape index (κ1) is 25.6. The second-order valence-corrected chi connectivity index (χ2v) is 8.57. The molecule has 1 N–H and O–H groups in total. The van der Waals surface area contributed by atoms with E-state index in [0.717, 1.165) is 22.0 Å². The van der Waals surface area contributed by atoms with Gasteiger partial charge in [0.15, 0.2) is 11.5 Å². The van der Waals surface area contributed by atoms with Crippen molar-refractivity contribution in [3.63, 3.8) is 0 Å². The Bertz CT molecular complexity index is 1140. The van der Waals surface area contributed by atoms with E-state index in [-0.39, 0.29) is 5.91 Å². The molecule has 0 aliphatic heterocycles. The zero-order valence-electron chi connectivity index (χ0n) is 19.0. The summed E-state index contributed by atoms with van der Waals surface area (Å²) in [5.74, 6) is 1.35. The SMILES string of the molecule is CCCOc1ccc(C(=O)N/N=C/c2ccc(OCc3ccc(Br)cc3)c(Cl)c2)cc1OCC. The predicted octanol–water partition coefficient (Wildman–Crippen LogP) is 6.63. The maximum Gasteiger partial charge on any atom is 0.271 e. The average Bonchev–Trinajstić information content (AvgIpc) is 2.84. The van der Waals surface area contributed by atoms with Crippen molar-refractivity contribution >= 4 is 39.7 Å². The molecule has 178 valence electrons. The molecule has 0 saturated carbocycles. The van der Waals surface area contributed by atoms with Crippen LogP contribution in [0.15, 0.2) is 70.2 Å². The van der Waals surface area contributed by atoms with E-state index in [4.69, 9.17) is 25.8 Å². The second kappa shape index (κ2) is 13.0. The van der Waals surface area contributed by atoms with Crippen LogP contribution in [0.5, 0.6) is 17.2 Å². The Balaban J connectivity index is 1.59. The predicted molar refractivity (Wildman–Crippen MR) is 138 cm³/mol. The van der Waals surface area contributed by atoms with Gasteiger partial charge in [0.05, 0.1) is 24.5 Å². The molecule has 0 heterocycles. The summed E-state index contributed by atoms with van der Waals surface area (Å²) >= 11 is 9.76. The van der Waals surface area contributed by atoms with Crippen LogP contribution in [0.1, 0.15) is 41.8 Å². The Kier molecular flexibility index (Phi) is 9.79. The Morgan fingerprint density at radius 2 is 1.74 bits per heavy atom. The highest BCUT2D eigenvalue weighted by atomic mass is 79.9. The molecule has 0 atom stereocenters. The minimum Gasteiger partial charge on any atom is -0.490 e. The molecule has 1 amide bonds. The normalized spacial score (nSPS) is 10.8. The molecule has 0 saturated heterocycles. The van der Waals surface area contributed by atoms with E-state index < -0.39 is 0 Å². The van der Waals surface area contributed by atoms with Crippen molar-refractivity contribution in [3.8, 4) is 17.2 Å². The fourth-order valence-corrected chi connectivity index (χ4v) is 3.44. The highest BCUT2D eigenvalue weighted by Crippen LogP contribution is 2.29. The quantitative estimate of drug-likeness (QED) is 0.217. The van der Waals surface area contributed by atoms with Crippen LogP contribution in [0, 0.1) is 0 Å². The Hall–Kier alpha value is -3.03. The van der Waals surface area contributed by atoms with Gasteiger partial charge in [-0.3, -0.25) is 4.79 Å². The number of rotatable bonds is 11. The molecule has 3 aromatic carbocycles. The molecular formula is C26H26BrClN2O4. The van der Waals surface area contributed by atoms with Crippen LogP contribution in [0.25, 0.3) is 0 Å². The van der Waals surface area contributed by atoms with Crippen molar-refractivity contribution in [3.05, 3.63) is 86.8 Å². The fourth-order valence-electron chi connectivity index (χ4n) is 2.94. The summed E-state index contributed by atoms with van der Waals surface area (Å²) in [4.78, 5) is 12.5. The van der Waals surface area contributed by atoms with Crippen molar-refractivity contribution in [1.29, 1.82) is 0 Å². The first-order valence-corrected chi connectivity index (χ1v) is 12.1. The van der Waals surface area contributed by atoms with E-state index in [1.165, 1.54) is 6.21 Å². The minimum atomic E-state index is -0.361. The summed E-state index contributed by atoms with van der Waals surface area (Å²) in [6.07, 6.45) is 2.40. The Labute approximate surface area is 213 Å². The second-order valence-electron chi connectivity index (χ2n) is 7.25. The molecule has 0 aromatic heterocycles. The smallest absolute Gasteiger partial charge is 0.271 e. The molecule has 3 rings (SSSR count). The number of ether oxygens (including phenoxy) is 3. The lowest BCUT2D eigenvalue weighted by Crippen LogP contribution is -2.17. The van der Waals surface area contributed by atoms with Crippen molar-refractivity contribution in [1.82, 2.24) is 5.43 Å². The number of amides is 1. The third-order valence-electron chi connectivity index (χ3n) is 4.61. The third-order valence-corrected chi connectivity index (χ3v) is 5.43. The van der Waals surface area contributed by atoms with E-state index in [2.05, 4.69) is 26.5 Å². The summed E-state index contributed by atoms with van der Waals surface area (Å²) in [5.41, 5.74) is 4.69. The minimum absolute atomic E-state index is 0.361. The maximum absolute atomic E-state index is 12.5. The first-order valence-electron chi connectivity index (χ1n) is 10.9. The van der Waals surface area contributed by atoms with Crippen LogP contribution in [0.3, 0.4) is 0 Å². The summed E-state index contributed by atoms with van der Waals surface area (Å²) in [5, 5.41) is 4.49. The van der Waals surface area contributed by atoms with E-state index in [0.29, 0.717) is 47.7 Å². The van der Waals surface area contributed by atoms with Crippen LogP contribution in [0.2, 0.25) is 5.02 Å². The molecule has 3 aromatic rings. The number of benzene rings is 3. The Morgan fingerprint density at radius 1 is 0.971 bits per heavy atom. The molecule has 0 unspecified atom stereocenters. The van der Waals surface area contributed by atoms with Crippen molar-refractivity contribution < 1.29 is 19.0 Å². The lowest BCUT2D eigenvalue weighted by molar-refractivity contribution is 0.0954. The molecule has 0 aliphatic rings. The van der Waals surface area contributed by atoms with Crippen LogP contribution in [0.4, 0.5) is 0 Å². The zero-order valence-corrected chi connectivity index (χ0v) is 21.4. The van der Waals surface area contributed by atoms with Crippen molar-refractivity contribution in [2.24, 2.45) is 5.10 Å². The number of hydrogen-bond acceptors (Lipinski definition) is 5. The number of nitrogens with one attached hydrogen (secondary N) is 1. The Morgan fingerprint density at radius 3 is 2.44 bits per heavy atom. The summed E-state index contributed by atoms with van der Waals surface area (Å²) in [7, 11) is 0. The summed E-state index contributed by atoms with van der Waals surface area (Å²) < 4.78 is 18.1. The van der Waals surface area contributed by atoms with E-state index in [1.54, 1.807) is 30.3 Å². The number of carbonyl (C=O) groups is 1. The lowest BCUT2D eigenvalue weighted by atomic mass is 10.2. The van der Waals surface area contributed by atoms with Gasteiger partial charge in [0.1, 0.15) is 12.4 Å². The van der Waals surface area contributed by atoms with Gasteiger partial charge in [-0.2, -0.15) is 5.10 Å². The van der Waals surface area contributed by atoms with Gasteiger partial charge in [0.2, 0.25) is 0 Å². The van der Waals surface area contributed by atoms with Gasteiger partial charge >= 0.3 is 0 Å². The number of nitrogens with zero attached hydrogens (tertiary/aromatic N) is 1. The van der Waals surface area contributed by atoms with Gasteiger partial charge in [0, 0.05) is 10.0 Å². The molecule has 34 heavy (non-hydrogen) atoms. The van der Waals surface area contributed by atoms with Gasteiger partial charge in [0.25, 0.3) is 5.91 Å². The monoisotopic (exact) mass is 544 g/mol. The number of halogens is 2. The average molecular weight is 546 g/mol. The molecule has 8 heteroatoms. The third kappa shape index (κ3) is 7.50. The number of hydrogen-bond donors (Lipinski definition) is 1. The molecule has 6 nitrogen and oxygen atoms in total. The van der Waals surface area contributed by atoms with Gasteiger partial charge in [-0.25, -0.2) is 5.43 Å². The van der Waals surface area contributed by atoms with E-state index >= 15 is 0 Å². The standard InChI is InChI=1S/C26H26BrClN2O4/c1-3-13-33-24-12-8-20(15-25(24)32-4-2)26(31)30-29-16-19-7-11-23(22(28)14-19)34-17-18-5-9-21(27)10-6-18/h5-12,14-16H,3-4,13,17H2,1-2H3,(H,30,31)/b29-16+. The van der Waals surface area contributed by atoms with Crippen LogP contribution in [-0.2, 0) is 6.61 Å². The highest BCUT2D eigenvalue weighted by Gasteiger charge is 2.11. The van der Waals surface area contributed by atoms with Crippen molar-refractivity contribution in [2.75, 3.05) is 13.2 Å². The van der Waals surface area contributed by atoms with Gasteiger partial charge in [-0.15, -0.1) is 0 Å². The number of hydrazone groups is 1. The largest absolute Gasteiger partial charge is 0.490 e. The molecule has 0 aliphatic carbocycles. The van der Waals surface area contributed by atoms with Crippen LogP contribution in [-0.4, -0.2) is 25.3 Å². The number of carbonyl (C=O) groups excluding carboxylic acids is 1. The lowest BCUT2D eigenvalue weighted by Gasteiger charge is -2.12. The fraction of sp³-hybridized carbons (Fsp3) is 0.231. The van der Waals surface area contributed by atoms with Gasteiger partial charge in [-0.05, 0) is 73.0 Å². The molecule has 0 spiro atoms. The van der Waals surface area contributed by atoms with Crippen LogP contribution >= 0.6 is 27.5 Å². The first-order chi connectivity index (χ1) is 16.5. The summed E-state index contributed by atoms with van der Waals surface area (Å²) in [6, 6.07) is 18.2. The topological polar surface area (TPSA) is 69.2 Å². The molecule has 0 fully saturated rings. The van der Waals surface area contributed by atoms with E-state index in [9.17, 15) is 4.79 Å².